The van der Waals surface area contributed by atoms with E-state index in [9.17, 15) is 0 Å². The summed E-state index contributed by atoms with van der Waals surface area (Å²) in [6, 6.07) is 20.3. The Balaban J connectivity index is 1.63. The van der Waals surface area contributed by atoms with Gasteiger partial charge in [0.25, 0.3) is 5.78 Å². The van der Waals surface area contributed by atoms with Crippen molar-refractivity contribution in [2.75, 3.05) is 5.32 Å². The lowest BCUT2D eigenvalue weighted by molar-refractivity contribution is 1.02. The number of aromatic nitrogens is 5. The van der Waals surface area contributed by atoms with Gasteiger partial charge in [-0.25, -0.2) is 0 Å². The van der Waals surface area contributed by atoms with E-state index in [4.69, 9.17) is 0 Å². The van der Waals surface area contributed by atoms with Crippen molar-refractivity contribution in [2.24, 2.45) is 0 Å². The smallest absolute Gasteiger partial charge is 0.257 e. The van der Waals surface area contributed by atoms with Gasteiger partial charge in [0.05, 0.1) is 5.52 Å². The van der Waals surface area contributed by atoms with Crippen LogP contribution in [0.2, 0.25) is 0 Å². The Bertz CT molecular complexity index is 1260. The van der Waals surface area contributed by atoms with Crippen LogP contribution in [-0.4, -0.2) is 24.6 Å². The number of para-hydroxylation sites is 1. The predicted molar refractivity (Wildman–Crippen MR) is 106 cm³/mol. The number of hydrogen-bond donors (Lipinski definition) is 1. The van der Waals surface area contributed by atoms with Crippen LogP contribution in [0, 0.1) is 6.92 Å². The first-order valence-corrected chi connectivity index (χ1v) is 8.67. The highest BCUT2D eigenvalue weighted by atomic mass is 15.3. The number of fused-ring (bicyclic) bond motifs is 3. The van der Waals surface area contributed by atoms with E-state index in [1.54, 1.807) is 6.20 Å². The largest absolute Gasteiger partial charge is 0.340 e. The molecular formula is C21H16N6. The van der Waals surface area contributed by atoms with Crippen molar-refractivity contribution in [1.29, 1.82) is 0 Å². The average Bonchev–Trinajstić information content (AvgIpc) is 3.10. The molecule has 27 heavy (non-hydrogen) atoms. The van der Waals surface area contributed by atoms with E-state index in [0.29, 0.717) is 5.78 Å². The Hall–Kier alpha value is -3.80. The molecule has 0 aliphatic carbocycles. The van der Waals surface area contributed by atoms with Crippen LogP contribution < -0.4 is 5.32 Å². The van der Waals surface area contributed by atoms with Gasteiger partial charge in [-0.1, -0.05) is 30.3 Å². The van der Waals surface area contributed by atoms with Gasteiger partial charge in [0, 0.05) is 29.0 Å². The molecule has 5 aromatic rings. The van der Waals surface area contributed by atoms with Crippen LogP contribution in [0.5, 0.6) is 0 Å². The fourth-order valence-electron chi connectivity index (χ4n) is 3.28. The molecule has 0 aliphatic rings. The minimum absolute atomic E-state index is 0.581. The number of rotatable bonds is 3. The molecule has 3 heterocycles. The van der Waals surface area contributed by atoms with E-state index in [0.717, 1.165) is 39.4 Å². The zero-order valence-corrected chi connectivity index (χ0v) is 14.7. The molecule has 130 valence electrons. The van der Waals surface area contributed by atoms with E-state index >= 15 is 0 Å². The fraction of sp³-hybridized carbons (Fsp3) is 0.0476. The fourth-order valence-corrected chi connectivity index (χ4v) is 3.28. The second kappa shape index (κ2) is 6.17. The molecule has 5 rings (SSSR count). The summed E-state index contributed by atoms with van der Waals surface area (Å²) >= 11 is 0. The Kier molecular flexibility index (Phi) is 3.53. The SMILES string of the molecule is Cc1nnc2nc(Nc3cccc(-c4cccnc4)c3)c3ccccc3n12. The zero-order valence-electron chi connectivity index (χ0n) is 14.7. The van der Waals surface area contributed by atoms with Crippen molar-refractivity contribution < 1.29 is 0 Å². The summed E-state index contributed by atoms with van der Waals surface area (Å²) < 4.78 is 1.96. The van der Waals surface area contributed by atoms with Crippen LogP contribution in [0.4, 0.5) is 11.5 Å². The summed E-state index contributed by atoms with van der Waals surface area (Å²) in [5.41, 5.74) is 4.14. The third kappa shape index (κ3) is 2.67. The van der Waals surface area contributed by atoms with E-state index in [1.165, 1.54) is 0 Å². The molecule has 0 radical (unpaired) electrons. The average molecular weight is 352 g/mol. The summed E-state index contributed by atoms with van der Waals surface area (Å²) in [7, 11) is 0. The molecule has 0 bridgehead atoms. The van der Waals surface area contributed by atoms with Gasteiger partial charge in [-0.05, 0) is 42.8 Å². The molecule has 3 aromatic heterocycles. The third-order valence-corrected chi connectivity index (χ3v) is 4.54. The molecule has 6 heteroatoms. The summed E-state index contributed by atoms with van der Waals surface area (Å²) in [6.45, 7) is 1.93. The maximum absolute atomic E-state index is 4.69. The lowest BCUT2D eigenvalue weighted by Crippen LogP contribution is -2.00. The molecule has 0 fully saturated rings. The molecule has 6 nitrogen and oxygen atoms in total. The van der Waals surface area contributed by atoms with Gasteiger partial charge in [-0.2, -0.15) is 4.98 Å². The molecule has 0 atom stereocenters. The minimum Gasteiger partial charge on any atom is -0.340 e. The van der Waals surface area contributed by atoms with Crippen LogP contribution in [0.3, 0.4) is 0 Å². The predicted octanol–water partition coefficient (Wildman–Crippen LogP) is 4.39. The first kappa shape index (κ1) is 15.5. The summed E-state index contributed by atoms with van der Waals surface area (Å²) in [5.74, 6) is 2.16. The first-order valence-electron chi connectivity index (χ1n) is 8.67. The highest BCUT2D eigenvalue weighted by Crippen LogP contribution is 2.28. The second-order valence-corrected chi connectivity index (χ2v) is 6.31. The monoisotopic (exact) mass is 352 g/mol. The number of benzene rings is 2. The summed E-state index contributed by atoms with van der Waals surface area (Å²) in [4.78, 5) is 8.89. The van der Waals surface area contributed by atoms with Gasteiger partial charge >= 0.3 is 0 Å². The molecule has 0 saturated heterocycles. The standard InChI is InChI=1S/C21H16N6/c1-14-25-26-21-24-20(18-9-2-3-10-19(18)27(14)21)23-17-8-4-6-15(12-17)16-7-5-11-22-13-16/h2-13H,1H3,(H,23,24,26). The zero-order chi connectivity index (χ0) is 18.2. The Morgan fingerprint density at radius 3 is 2.67 bits per heavy atom. The topological polar surface area (TPSA) is 68.0 Å². The Morgan fingerprint density at radius 1 is 0.889 bits per heavy atom. The first-order chi connectivity index (χ1) is 13.3. The van der Waals surface area contributed by atoms with E-state index < -0.39 is 0 Å². The number of hydrogen-bond acceptors (Lipinski definition) is 5. The number of nitrogens with zero attached hydrogens (tertiary/aromatic N) is 5. The van der Waals surface area contributed by atoms with Crippen LogP contribution in [0.15, 0.2) is 73.1 Å². The van der Waals surface area contributed by atoms with Crippen molar-refractivity contribution >= 4 is 28.2 Å². The van der Waals surface area contributed by atoms with Crippen LogP contribution in [0.1, 0.15) is 5.82 Å². The Morgan fingerprint density at radius 2 is 1.78 bits per heavy atom. The molecule has 0 aliphatic heterocycles. The molecular weight excluding hydrogens is 336 g/mol. The van der Waals surface area contributed by atoms with Gasteiger partial charge in [0.15, 0.2) is 0 Å². The number of nitrogens with one attached hydrogen (secondary N) is 1. The lowest BCUT2D eigenvalue weighted by Gasteiger charge is -2.11. The third-order valence-electron chi connectivity index (χ3n) is 4.54. The van der Waals surface area contributed by atoms with Gasteiger partial charge in [-0.3, -0.25) is 9.38 Å². The Labute approximate surface area is 155 Å². The lowest BCUT2D eigenvalue weighted by atomic mass is 10.1. The van der Waals surface area contributed by atoms with Crippen molar-refractivity contribution in [2.45, 2.75) is 6.92 Å². The quantitative estimate of drug-likeness (QED) is 0.521. The van der Waals surface area contributed by atoms with Crippen molar-refractivity contribution in [3.8, 4) is 11.1 Å². The van der Waals surface area contributed by atoms with E-state index in [2.05, 4.69) is 49.7 Å². The number of aryl methyl sites for hydroxylation is 1. The van der Waals surface area contributed by atoms with E-state index in [1.807, 2.05) is 53.9 Å². The maximum atomic E-state index is 4.69. The molecule has 0 unspecified atom stereocenters. The summed E-state index contributed by atoms with van der Waals surface area (Å²) in [6.07, 6.45) is 3.63. The molecule has 1 N–H and O–H groups in total. The van der Waals surface area contributed by atoms with Gasteiger partial charge in [0.1, 0.15) is 11.6 Å². The number of anilines is 2. The van der Waals surface area contributed by atoms with Gasteiger partial charge < -0.3 is 5.32 Å². The van der Waals surface area contributed by atoms with Crippen LogP contribution in [0.25, 0.3) is 27.8 Å². The maximum Gasteiger partial charge on any atom is 0.257 e. The van der Waals surface area contributed by atoms with Gasteiger partial charge in [-0.15, -0.1) is 10.2 Å². The number of pyridine rings is 1. The normalized spacial score (nSPS) is 11.1. The molecule has 0 amide bonds. The highest BCUT2D eigenvalue weighted by Gasteiger charge is 2.12. The van der Waals surface area contributed by atoms with Crippen molar-refractivity contribution in [3.05, 3.63) is 78.9 Å². The van der Waals surface area contributed by atoms with Crippen LogP contribution >= 0.6 is 0 Å². The summed E-state index contributed by atoms with van der Waals surface area (Å²) in [5, 5.41) is 12.8. The minimum atomic E-state index is 0.581. The molecule has 2 aromatic carbocycles. The van der Waals surface area contributed by atoms with Crippen molar-refractivity contribution in [1.82, 2.24) is 24.6 Å². The van der Waals surface area contributed by atoms with Crippen molar-refractivity contribution in [3.63, 3.8) is 0 Å². The van der Waals surface area contributed by atoms with Gasteiger partial charge in [0.2, 0.25) is 0 Å². The van der Waals surface area contributed by atoms with Crippen LogP contribution in [-0.2, 0) is 0 Å². The van der Waals surface area contributed by atoms with E-state index in [-0.39, 0.29) is 0 Å². The molecule has 0 spiro atoms. The highest BCUT2D eigenvalue weighted by molar-refractivity contribution is 5.93. The molecule has 0 saturated carbocycles. The second-order valence-electron chi connectivity index (χ2n) is 6.31.